The van der Waals surface area contributed by atoms with E-state index in [9.17, 15) is 9.59 Å². The maximum absolute atomic E-state index is 11.9. The van der Waals surface area contributed by atoms with Gasteiger partial charge in [-0.3, -0.25) is 25.8 Å². The number of rotatable bonds is 7. The van der Waals surface area contributed by atoms with Gasteiger partial charge in [-0.25, -0.2) is 0 Å². The minimum Gasteiger partial charge on any atom is -0.492 e. The van der Waals surface area contributed by atoms with Crippen molar-refractivity contribution in [2.45, 2.75) is 12.8 Å². The summed E-state index contributed by atoms with van der Waals surface area (Å²) < 4.78 is 5.50. The topological polar surface area (TPSA) is 79.5 Å². The first kappa shape index (κ1) is 24.0. The molecule has 158 valence electrons. The van der Waals surface area contributed by atoms with Crippen LogP contribution in [0, 0.1) is 0 Å². The Morgan fingerprint density at radius 3 is 2.53 bits per heavy atom. The number of hydrogen-bond donors (Lipinski definition) is 3. The van der Waals surface area contributed by atoms with E-state index < -0.39 is 5.91 Å². The summed E-state index contributed by atoms with van der Waals surface area (Å²) in [5.74, 6) is -0.285. The average molecular weight is 487 g/mol. The van der Waals surface area contributed by atoms with Crippen molar-refractivity contribution >= 4 is 70.0 Å². The standard InChI is InChI=1S/C20H18Cl3N3O3S/c21-14-8-9-17(16(23)12-14)29-11-3-6-19(28)25-26-20(30)24-18(27)10-7-13-4-1-2-5-15(13)22/h1-2,4-5,7-10,12H,3,6,11H2,(H,25,28)(H2,24,26,27,30). The molecule has 0 aliphatic rings. The Bertz CT molecular complexity index is 954. The van der Waals surface area contributed by atoms with Crippen LogP contribution in [0.15, 0.2) is 48.5 Å². The summed E-state index contributed by atoms with van der Waals surface area (Å²) in [4.78, 5) is 23.7. The van der Waals surface area contributed by atoms with E-state index in [1.54, 1.807) is 48.5 Å². The first-order valence-electron chi connectivity index (χ1n) is 8.75. The largest absolute Gasteiger partial charge is 0.492 e. The Balaban J connectivity index is 1.63. The van der Waals surface area contributed by atoms with E-state index in [4.69, 9.17) is 51.8 Å². The van der Waals surface area contributed by atoms with Crippen molar-refractivity contribution in [2.24, 2.45) is 0 Å². The van der Waals surface area contributed by atoms with Gasteiger partial charge in [-0.05, 0) is 54.5 Å². The maximum atomic E-state index is 11.9. The molecule has 0 saturated carbocycles. The molecule has 0 bridgehead atoms. The van der Waals surface area contributed by atoms with Gasteiger partial charge in [-0.2, -0.15) is 0 Å². The third-order valence-corrected chi connectivity index (χ3v) is 4.65. The second kappa shape index (κ2) is 12.4. The van der Waals surface area contributed by atoms with Gasteiger partial charge in [0.05, 0.1) is 11.6 Å². The van der Waals surface area contributed by atoms with Crippen LogP contribution in [0.4, 0.5) is 0 Å². The molecule has 2 aromatic carbocycles. The first-order valence-corrected chi connectivity index (χ1v) is 10.3. The molecular formula is C20H18Cl3N3O3S. The van der Waals surface area contributed by atoms with E-state index in [1.807, 2.05) is 0 Å². The molecule has 0 heterocycles. The summed E-state index contributed by atoms with van der Waals surface area (Å²) >= 11 is 22.8. The number of carbonyl (C=O) groups is 2. The molecule has 10 heteroatoms. The van der Waals surface area contributed by atoms with Crippen LogP contribution >= 0.6 is 47.0 Å². The summed E-state index contributed by atoms with van der Waals surface area (Å²) in [5.41, 5.74) is 5.56. The fourth-order valence-corrected chi connectivity index (χ4v) is 2.97. The fourth-order valence-electron chi connectivity index (χ4n) is 2.16. The first-order chi connectivity index (χ1) is 14.3. The van der Waals surface area contributed by atoms with E-state index in [0.29, 0.717) is 39.4 Å². The lowest BCUT2D eigenvalue weighted by molar-refractivity contribution is -0.122. The Morgan fingerprint density at radius 1 is 1.03 bits per heavy atom. The highest BCUT2D eigenvalue weighted by Crippen LogP contribution is 2.27. The lowest BCUT2D eigenvalue weighted by atomic mass is 10.2. The molecule has 0 aliphatic carbocycles. The van der Waals surface area contributed by atoms with Gasteiger partial charge in [0.15, 0.2) is 5.11 Å². The van der Waals surface area contributed by atoms with Crippen molar-refractivity contribution in [3.8, 4) is 5.75 Å². The van der Waals surface area contributed by atoms with Crippen molar-refractivity contribution in [2.75, 3.05) is 6.61 Å². The number of ether oxygens (including phenoxy) is 1. The minimum atomic E-state index is -0.463. The smallest absolute Gasteiger partial charge is 0.250 e. The van der Waals surface area contributed by atoms with E-state index in [0.717, 1.165) is 0 Å². The molecule has 30 heavy (non-hydrogen) atoms. The van der Waals surface area contributed by atoms with Gasteiger partial charge in [-0.15, -0.1) is 0 Å². The van der Waals surface area contributed by atoms with E-state index in [-0.39, 0.29) is 17.4 Å². The van der Waals surface area contributed by atoms with Crippen LogP contribution in [0.3, 0.4) is 0 Å². The van der Waals surface area contributed by atoms with Gasteiger partial charge in [0.2, 0.25) is 11.8 Å². The zero-order chi connectivity index (χ0) is 21.9. The lowest BCUT2D eigenvalue weighted by Gasteiger charge is -2.10. The molecule has 0 atom stereocenters. The van der Waals surface area contributed by atoms with Crippen LogP contribution in [-0.2, 0) is 9.59 Å². The third-order valence-electron chi connectivity index (χ3n) is 3.57. The van der Waals surface area contributed by atoms with Crippen LogP contribution < -0.4 is 20.9 Å². The fraction of sp³-hybridized carbons (Fsp3) is 0.150. The molecule has 2 aromatic rings. The highest BCUT2D eigenvalue weighted by atomic mass is 35.5. The molecule has 0 spiro atoms. The Hall–Kier alpha value is -2.32. The van der Waals surface area contributed by atoms with Crippen molar-refractivity contribution in [3.63, 3.8) is 0 Å². The molecule has 0 unspecified atom stereocenters. The average Bonchev–Trinajstić information content (AvgIpc) is 2.70. The summed E-state index contributed by atoms with van der Waals surface area (Å²) in [7, 11) is 0. The quantitative estimate of drug-likeness (QED) is 0.232. The molecule has 6 nitrogen and oxygen atoms in total. The number of amides is 2. The molecule has 3 N–H and O–H groups in total. The SMILES string of the molecule is O=C(C=Cc1ccccc1Cl)NC(=S)NNC(=O)CCCOc1ccc(Cl)cc1Cl. The molecule has 0 aromatic heterocycles. The van der Waals surface area contributed by atoms with Crippen LogP contribution in [0.2, 0.25) is 15.1 Å². The molecule has 0 fully saturated rings. The third kappa shape index (κ3) is 8.59. The van der Waals surface area contributed by atoms with Crippen LogP contribution in [0.5, 0.6) is 5.75 Å². The Kier molecular flexibility index (Phi) is 9.89. The summed E-state index contributed by atoms with van der Waals surface area (Å²) in [6, 6.07) is 12.0. The second-order valence-electron chi connectivity index (χ2n) is 5.87. The summed E-state index contributed by atoms with van der Waals surface area (Å²) in [6.07, 6.45) is 3.48. The monoisotopic (exact) mass is 485 g/mol. The molecule has 0 radical (unpaired) electrons. The summed E-state index contributed by atoms with van der Waals surface area (Å²) in [5, 5.41) is 3.81. The highest BCUT2D eigenvalue weighted by Gasteiger charge is 2.06. The van der Waals surface area contributed by atoms with Crippen molar-refractivity contribution in [3.05, 3.63) is 69.2 Å². The van der Waals surface area contributed by atoms with Gasteiger partial charge in [0.1, 0.15) is 5.75 Å². The number of carbonyl (C=O) groups excluding carboxylic acids is 2. The van der Waals surface area contributed by atoms with Gasteiger partial charge in [0, 0.05) is 22.5 Å². The minimum absolute atomic E-state index is 0.0404. The highest BCUT2D eigenvalue weighted by molar-refractivity contribution is 7.80. The Labute approximate surface area is 194 Å². The number of benzene rings is 2. The normalized spacial score (nSPS) is 10.5. The molecule has 0 saturated heterocycles. The van der Waals surface area contributed by atoms with E-state index >= 15 is 0 Å². The van der Waals surface area contributed by atoms with Crippen molar-refractivity contribution in [1.29, 1.82) is 0 Å². The number of thiocarbonyl (C=S) groups is 1. The molecule has 2 rings (SSSR count). The number of hydrogen-bond acceptors (Lipinski definition) is 4. The second-order valence-corrected chi connectivity index (χ2v) is 7.53. The van der Waals surface area contributed by atoms with E-state index in [2.05, 4.69) is 16.2 Å². The van der Waals surface area contributed by atoms with Crippen molar-refractivity contribution < 1.29 is 14.3 Å². The molecular weight excluding hydrogens is 469 g/mol. The van der Waals surface area contributed by atoms with Gasteiger partial charge >= 0.3 is 0 Å². The molecule has 0 aliphatic heterocycles. The number of halogens is 3. The van der Waals surface area contributed by atoms with Gasteiger partial charge in [0.25, 0.3) is 0 Å². The number of hydrazine groups is 1. The maximum Gasteiger partial charge on any atom is 0.250 e. The number of nitrogens with one attached hydrogen (secondary N) is 3. The van der Waals surface area contributed by atoms with Crippen LogP contribution in [0.25, 0.3) is 6.08 Å². The zero-order valence-electron chi connectivity index (χ0n) is 15.6. The van der Waals surface area contributed by atoms with E-state index in [1.165, 1.54) is 6.08 Å². The Morgan fingerprint density at radius 2 is 1.80 bits per heavy atom. The van der Waals surface area contributed by atoms with Gasteiger partial charge < -0.3 is 4.74 Å². The van der Waals surface area contributed by atoms with Gasteiger partial charge in [-0.1, -0.05) is 53.0 Å². The zero-order valence-corrected chi connectivity index (χ0v) is 18.7. The lowest BCUT2D eigenvalue weighted by Crippen LogP contribution is -2.48. The predicted molar refractivity (Wildman–Crippen MR) is 124 cm³/mol. The predicted octanol–water partition coefficient (Wildman–Crippen LogP) is 4.54. The van der Waals surface area contributed by atoms with Crippen LogP contribution in [0.1, 0.15) is 18.4 Å². The molecule has 2 amide bonds. The van der Waals surface area contributed by atoms with Crippen LogP contribution in [-0.4, -0.2) is 23.5 Å². The van der Waals surface area contributed by atoms with Crippen molar-refractivity contribution in [1.82, 2.24) is 16.2 Å². The summed E-state index contributed by atoms with van der Waals surface area (Å²) in [6.45, 7) is 0.294.